The molecule has 0 bridgehead atoms. The fraction of sp³-hybridized carbons (Fsp3) is 0.0667. The molecule has 0 radical (unpaired) electrons. The molecule has 0 saturated heterocycles. The van der Waals surface area contributed by atoms with E-state index in [0.717, 1.165) is 0 Å². The van der Waals surface area contributed by atoms with Gasteiger partial charge in [0, 0.05) is 5.56 Å². The molecular formula is C15H8F5NO2. The summed E-state index contributed by atoms with van der Waals surface area (Å²) in [4.78, 5) is 22.2. The van der Waals surface area contributed by atoms with Crippen molar-refractivity contribution >= 4 is 17.9 Å². The highest BCUT2D eigenvalue weighted by atomic mass is 19.2. The topological polar surface area (TPSA) is 46.2 Å². The van der Waals surface area contributed by atoms with Gasteiger partial charge in [-0.3, -0.25) is 9.59 Å². The van der Waals surface area contributed by atoms with E-state index in [1.54, 1.807) is 5.32 Å². The lowest BCUT2D eigenvalue weighted by Crippen LogP contribution is -2.18. The highest BCUT2D eigenvalue weighted by molar-refractivity contribution is 5.92. The van der Waals surface area contributed by atoms with Crippen molar-refractivity contribution in [1.29, 1.82) is 0 Å². The van der Waals surface area contributed by atoms with Crippen molar-refractivity contribution in [2.75, 3.05) is 5.32 Å². The number of carbonyl (C=O) groups is 2. The van der Waals surface area contributed by atoms with Gasteiger partial charge >= 0.3 is 0 Å². The molecule has 2 rings (SSSR count). The van der Waals surface area contributed by atoms with Crippen LogP contribution in [-0.4, -0.2) is 12.2 Å². The van der Waals surface area contributed by atoms with Crippen molar-refractivity contribution in [3.8, 4) is 0 Å². The molecule has 3 nitrogen and oxygen atoms in total. The van der Waals surface area contributed by atoms with Gasteiger partial charge in [-0.05, 0) is 5.56 Å². The van der Waals surface area contributed by atoms with Gasteiger partial charge in [-0.1, -0.05) is 24.3 Å². The van der Waals surface area contributed by atoms with Gasteiger partial charge < -0.3 is 5.32 Å². The number of hydrogen-bond donors (Lipinski definition) is 1. The first-order valence-corrected chi connectivity index (χ1v) is 6.20. The van der Waals surface area contributed by atoms with Crippen LogP contribution in [-0.2, 0) is 11.2 Å². The fourth-order valence-electron chi connectivity index (χ4n) is 1.80. The monoisotopic (exact) mass is 329 g/mol. The first-order valence-electron chi connectivity index (χ1n) is 6.20. The first kappa shape index (κ1) is 16.6. The van der Waals surface area contributed by atoms with Crippen LogP contribution in [0, 0.1) is 29.1 Å². The molecule has 0 aliphatic heterocycles. The molecule has 0 aliphatic carbocycles. The number of hydrogen-bond acceptors (Lipinski definition) is 2. The van der Waals surface area contributed by atoms with E-state index in [1.165, 1.54) is 24.3 Å². The van der Waals surface area contributed by atoms with E-state index in [0.29, 0.717) is 17.4 Å². The molecule has 2 aromatic carbocycles. The van der Waals surface area contributed by atoms with Gasteiger partial charge in [0.25, 0.3) is 0 Å². The van der Waals surface area contributed by atoms with Gasteiger partial charge in [0.1, 0.15) is 12.0 Å². The number of benzene rings is 2. The number of nitrogens with one attached hydrogen (secondary N) is 1. The fourth-order valence-corrected chi connectivity index (χ4v) is 1.80. The van der Waals surface area contributed by atoms with Crippen molar-refractivity contribution < 1.29 is 31.5 Å². The molecule has 0 aromatic heterocycles. The third-order valence-corrected chi connectivity index (χ3v) is 2.95. The Morgan fingerprint density at radius 1 is 0.870 bits per heavy atom. The van der Waals surface area contributed by atoms with Crippen LogP contribution in [0.5, 0.6) is 0 Å². The van der Waals surface area contributed by atoms with Gasteiger partial charge in [-0.25, -0.2) is 22.0 Å². The average Bonchev–Trinajstić information content (AvgIpc) is 2.56. The summed E-state index contributed by atoms with van der Waals surface area (Å²) in [6, 6.07) is 5.66. The summed E-state index contributed by atoms with van der Waals surface area (Å²) in [5.41, 5.74) is -0.665. The third kappa shape index (κ3) is 3.36. The minimum Gasteiger partial charge on any atom is -0.321 e. The lowest BCUT2D eigenvalue weighted by molar-refractivity contribution is -0.115. The van der Waals surface area contributed by atoms with Gasteiger partial charge in [0.15, 0.2) is 23.3 Å². The van der Waals surface area contributed by atoms with E-state index in [9.17, 15) is 31.5 Å². The summed E-state index contributed by atoms with van der Waals surface area (Å²) in [6.07, 6.45) is 0.206. The van der Waals surface area contributed by atoms with Gasteiger partial charge in [0.05, 0.1) is 6.42 Å². The van der Waals surface area contributed by atoms with E-state index in [-0.39, 0.29) is 6.42 Å². The quantitative estimate of drug-likeness (QED) is 0.405. The number of aldehydes is 1. The number of anilines is 1. The second kappa shape index (κ2) is 6.55. The summed E-state index contributed by atoms with van der Waals surface area (Å²) in [7, 11) is 0. The van der Waals surface area contributed by atoms with Crippen LogP contribution in [0.4, 0.5) is 27.6 Å². The molecule has 1 amide bonds. The second-order valence-corrected chi connectivity index (χ2v) is 4.53. The van der Waals surface area contributed by atoms with Crippen LogP contribution in [0.1, 0.15) is 15.9 Å². The standard InChI is InChI=1S/C15H8F5NO2/c16-10-11(17)13(19)15(14(20)12(10)18)21-9(23)5-7-1-3-8(6-22)4-2-7/h1-4,6H,5H2,(H,21,23). The third-order valence-electron chi connectivity index (χ3n) is 2.95. The van der Waals surface area contributed by atoms with Gasteiger partial charge in [-0.2, -0.15) is 0 Å². The Kier molecular flexibility index (Phi) is 4.73. The molecule has 0 atom stereocenters. The number of carbonyl (C=O) groups excluding carboxylic acids is 2. The van der Waals surface area contributed by atoms with Crippen molar-refractivity contribution in [2.45, 2.75) is 6.42 Å². The van der Waals surface area contributed by atoms with Crippen LogP contribution >= 0.6 is 0 Å². The van der Waals surface area contributed by atoms with Crippen molar-refractivity contribution in [2.24, 2.45) is 0 Å². The molecule has 8 heteroatoms. The first-order chi connectivity index (χ1) is 10.8. The Morgan fingerprint density at radius 3 is 1.83 bits per heavy atom. The van der Waals surface area contributed by atoms with E-state index in [4.69, 9.17) is 0 Å². The number of rotatable bonds is 4. The largest absolute Gasteiger partial charge is 0.321 e. The zero-order valence-corrected chi connectivity index (χ0v) is 11.3. The molecule has 0 heterocycles. The summed E-state index contributed by atoms with van der Waals surface area (Å²) >= 11 is 0. The SMILES string of the molecule is O=Cc1ccc(CC(=O)Nc2c(F)c(F)c(F)c(F)c2F)cc1. The molecule has 23 heavy (non-hydrogen) atoms. The summed E-state index contributed by atoms with van der Waals surface area (Å²) in [6.45, 7) is 0. The summed E-state index contributed by atoms with van der Waals surface area (Å²) in [5, 5.41) is 1.66. The molecule has 0 aliphatic rings. The molecule has 0 saturated carbocycles. The molecule has 2 aromatic rings. The zero-order valence-electron chi connectivity index (χ0n) is 11.3. The highest BCUT2D eigenvalue weighted by Crippen LogP contribution is 2.27. The van der Waals surface area contributed by atoms with Crippen molar-refractivity contribution in [3.05, 3.63) is 64.5 Å². The van der Waals surface area contributed by atoms with E-state index in [1.807, 2.05) is 0 Å². The average molecular weight is 329 g/mol. The molecule has 0 fully saturated rings. The Labute approximate surface area is 126 Å². The molecule has 1 N–H and O–H groups in total. The van der Waals surface area contributed by atoms with E-state index < -0.39 is 40.7 Å². The minimum absolute atomic E-state index is 0.355. The summed E-state index contributed by atoms with van der Waals surface area (Å²) in [5.74, 6) is -11.8. The van der Waals surface area contributed by atoms with Crippen LogP contribution in [0.15, 0.2) is 24.3 Å². The maximum atomic E-state index is 13.4. The van der Waals surface area contributed by atoms with Gasteiger partial charge in [-0.15, -0.1) is 0 Å². The normalized spacial score (nSPS) is 10.5. The minimum atomic E-state index is -2.30. The lowest BCUT2D eigenvalue weighted by atomic mass is 10.1. The predicted octanol–water partition coefficient (Wildman–Crippen LogP) is 3.38. The van der Waals surface area contributed by atoms with Crippen LogP contribution < -0.4 is 5.32 Å². The van der Waals surface area contributed by atoms with Crippen molar-refractivity contribution in [3.63, 3.8) is 0 Å². The lowest BCUT2D eigenvalue weighted by Gasteiger charge is -2.10. The molecule has 120 valence electrons. The van der Waals surface area contributed by atoms with E-state index >= 15 is 0 Å². The Hall–Kier alpha value is -2.77. The highest BCUT2D eigenvalue weighted by Gasteiger charge is 2.26. The van der Waals surface area contributed by atoms with Crippen LogP contribution in [0.3, 0.4) is 0 Å². The Morgan fingerprint density at radius 2 is 1.35 bits per heavy atom. The zero-order chi connectivity index (χ0) is 17.1. The molecule has 0 unspecified atom stereocenters. The smallest absolute Gasteiger partial charge is 0.228 e. The van der Waals surface area contributed by atoms with E-state index in [2.05, 4.69) is 0 Å². The Bertz CT molecular complexity index is 745. The second-order valence-electron chi connectivity index (χ2n) is 4.53. The maximum absolute atomic E-state index is 13.4. The number of amides is 1. The Balaban J connectivity index is 2.21. The van der Waals surface area contributed by atoms with Gasteiger partial charge in [0.2, 0.25) is 11.7 Å². The van der Waals surface area contributed by atoms with Crippen molar-refractivity contribution in [1.82, 2.24) is 0 Å². The molecular weight excluding hydrogens is 321 g/mol. The van der Waals surface area contributed by atoms with Crippen LogP contribution in [0.2, 0.25) is 0 Å². The summed E-state index contributed by atoms with van der Waals surface area (Å²) < 4.78 is 65.8. The maximum Gasteiger partial charge on any atom is 0.228 e. The van der Waals surface area contributed by atoms with Crippen LogP contribution in [0.25, 0.3) is 0 Å². The molecule has 0 spiro atoms. The number of halogens is 5. The predicted molar refractivity (Wildman–Crippen MR) is 70.4 cm³/mol.